The van der Waals surface area contributed by atoms with Crippen molar-refractivity contribution in [1.82, 2.24) is 5.32 Å². The van der Waals surface area contributed by atoms with Crippen LogP contribution in [0, 0.1) is 5.92 Å². The van der Waals surface area contributed by atoms with Gasteiger partial charge in [-0.25, -0.2) is 4.79 Å². The molecule has 0 unspecified atom stereocenters. The molecule has 0 spiro atoms. The summed E-state index contributed by atoms with van der Waals surface area (Å²) in [7, 11) is 0. The molecule has 1 aromatic carbocycles. The lowest BCUT2D eigenvalue weighted by Gasteiger charge is -2.14. The van der Waals surface area contributed by atoms with E-state index in [1.54, 1.807) is 25.1 Å². The maximum atomic E-state index is 11.8. The number of anilines is 1. The Morgan fingerprint density at radius 1 is 1.37 bits per heavy atom. The van der Waals surface area contributed by atoms with Gasteiger partial charge in [0, 0.05) is 6.54 Å². The van der Waals surface area contributed by atoms with Gasteiger partial charge in [0.1, 0.15) is 0 Å². The van der Waals surface area contributed by atoms with Crippen LogP contribution in [-0.4, -0.2) is 24.2 Å². The SMILES string of the molecule is CCOC(=O)c1ccccc1NC(=S)NCC(C)C. The molecule has 0 aliphatic rings. The minimum Gasteiger partial charge on any atom is -0.462 e. The molecule has 0 fully saturated rings. The first-order valence-electron chi connectivity index (χ1n) is 6.35. The minimum atomic E-state index is -0.350. The molecule has 5 heteroatoms. The number of hydrogen-bond donors (Lipinski definition) is 2. The summed E-state index contributed by atoms with van der Waals surface area (Å²) in [4.78, 5) is 11.8. The lowest BCUT2D eigenvalue weighted by atomic mass is 10.2. The molecule has 4 nitrogen and oxygen atoms in total. The number of rotatable bonds is 5. The number of esters is 1. The molecule has 19 heavy (non-hydrogen) atoms. The van der Waals surface area contributed by atoms with Crippen molar-refractivity contribution < 1.29 is 9.53 Å². The third kappa shape index (κ3) is 5.26. The van der Waals surface area contributed by atoms with Crippen LogP contribution in [0.25, 0.3) is 0 Å². The second-order valence-corrected chi connectivity index (χ2v) is 4.90. The Hall–Kier alpha value is -1.62. The third-order valence-corrected chi connectivity index (χ3v) is 2.59. The molecule has 104 valence electrons. The monoisotopic (exact) mass is 280 g/mol. The Morgan fingerprint density at radius 3 is 2.68 bits per heavy atom. The van der Waals surface area contributed by atoms with Crippen LogP contribution in [0.5, 0.6) is 0 Å². The number of benzene rings is 1. The smallest absolute Gasteiger partial charge is 0.340 e. The zero-order chi connectivity index (χ0) is 14.3. The first-order valence-corrected chi connectivity index (χ1v) is 6.76. The Morgan fingerprint density at radius 2 is 2.05 bits per heavy atom. The highest BCUT2D eigenvalue weighted by molar-refractivity contribution is 7.80. The molecule has 0 saturated carbocycles. The summed E-state index contributed by atoms with van der Waals surface area (Å²) in [5.41, 5.74) is 1.14. The van der Waals surface area contributed by atoms with Gasteiger partial charge < -0.3 is 15.4 Å². The summed E-state index contributed by atoms with van der Waals surface area (Å²) in [6.45, 7) is 7.11. The first kappa shape index (κ1) is 15.4. The highest BCUT2D eigenvalue weighted by Gasteiger charge is 2.12. The Labute approximate surface area is 119 Å². The minimum absolute atomic E-state index is 0.350. The van der Waals surface area contributed by atoms with Crippen molar-refractivity contribution in [1.29, 1.82) is 0 Å². The van der Waals surface area contributed by atoms with E-state index in [4.69, 9.17) is 17.0 Å². The second-order valence-electron chi connectivity index (χ2n) is 4.49. The van der Waals surface area contributed by atoms with Gasteiger partial charge in [0.25, 0.3) is 0 Å². The van der Waals surface area contributed by atoms with Crippen LogP contribution < -0.4 is 10.6 Å². The summed E-state index contributed by atoms with van der Waals surface area (Å²) in [6.07, 6.45) is 0. The van der Waals surface area contributed by atoms with E-state index in [2.05, 4.69) is 24.5 Å². The van der Waals surface area contributed by atoms with Crippen LogP contribution in [-0.2, 0) is 4.74 Å². The average Bonchev–Trinajstić information content (AvgIpc) is 2.37. The van der Waals surface area contributed by atoms with Crippen LogP contribution in [0.15, 0.2) is 24.3 Å². The average molecular weight is 280 g/mol. The topological polar surface area (TPSA) is 50.4 Å². The van der Waals surface area contributed by atoms with E-state index >= 15 is 0 Å². The lowest BCUT2D eigenvalue weighted by Crippen LogP contribution is -2.32. The number of carbonyl (C=O) groups excluding carboxylic acids is 1. The van der Waals surface area contributed by atoms with Crippen LogP contribution >= 0.6 is 12.2 Å². The maximum absolute atomic E-state index is 11.8. The predicted molar refractivity (Wildman–Crippen MR) is 81.5 cm³/mol. The summed E-state index contributed by atoms with van der Waals surface area (Å²) in [6, 6.07) is 7.15. The highest BCUT2D eigenvalue weighted by atomic mass is 32.1. The quantitative estimate of drug-likeness (QED) is 0.641. The fourth-order valence-corrected chi connectivity index (χ4v) is 1.64. The van der Waals surface area contributed by atoms with E-state index in [-0.39, 0.29) is 5.97 Å². The Balaban J connectivity index is 2.72. The fourth-order valence-electron chi connectivity index (χ4n) is 1.44. The number of carbonyl (C=O) groups is 1. The van der Waals surface area contributed by atoms with Crippen molar-refractivity contribution in [2.45, 2.75) is 20.8 Å². The molecule has 0 atom stereocenters. The molecule has 0 aliphatic heterocycles. The van der Waals surface area contributed by atoms with Gasteiger partial charge in [0.05, 0.1) is 17.9 Å². The molecule has 1 aromatic rings. The van der Waals surface area contributed by atoms with Gasteiger partial charge in [-0.1, -0.05) is 26.0 Å². The van der Waals surface area contributed by atoms with Gasteiger partial charge >= 0.3 is 5.97 Å². The van der Waals surface area contributed by atoms with E-state index in [0.717, 1.165) is 6.54 Å². The lowest BCUT2D eigenvalue weighted by molar-refractivity contribution is 0.0527. The molecule has 0 bridgehead atoms. The standard InChI is InChI=1S/C14H20N2O2S/c1-4-18-13(17)11-7-5-6-8-12(11)16-14(19)15-9-10(2)3/h5-8,10H,4,9H2,1-3H3,(H2,15,16,19). The molecule has 1 rings (SSSR count). The highest BCUT2D eigenvalue weighted by Crippen LogP contribution is 2.16. The van der Waals surface area contributed by atoms with Gasteiger partial charge in [-0.05, 0) is 37.2 Å². The molecule has 0 radical (unpaired) electrons. The number of thiocarbonyl (C=S) groups is 1. The number of nitrogens with one attached hydrogen (secondary N) is 2. The van der Waals surface area contributed by atoms with Crippen molar-refractivity contribution in [2.24, 2.45) is 5.92 Å². The molecule has 0 aromatic heterocycles. The van der Waals surface area contributed by atoms with E-state index in [9.17, 15) is 4.79 Å². The van der Waals surface area contributed by atoms with Gasteiger partial charge in [-0.15, -0.1) is 0 Å². The number of ether oxygens (including phenoxy) is 1. The first-order chi connectivity index (χ1) is 9.04. The van der Waals surface area contributed by atoms with Crippen LogP contribution in [0.1, 0.15) is 31.1 Å². The van der Waals surface area contributed by atoms with Crippen LogP contribution in [0.3, 0.4) is 0 Å². The van der Waals surface area contributed by atoms with Crippen molar-refractivity contribution in [3.63, 3.8) is 0 Å². The Kier molecular flexibility index (Phi) is 6.29. The molecule has 0 aliphatic carbocycles. The second kappa shape index (κ2) is 7.74. The Bertz CT molecular complexity index is 447. The number of hydrogen-bond acceptors (Lipinski definition) is 3. The summed E-state index contributed by atoms with van der Waals surface area (Å²) in [5, 5.41) is 6.63. The summed E-state index contributed by atoms with van der Waals surface area (Å²) in [5.74, 6) is 0.150. The summed E-state index contributed by atoms with van der Waals surface area (Å²) < 4.78 is 5.01. The van der Waals surface area contributed by atoms with Gasteiger partial charge in [-0.2, -0.15) is 0 Å². The van der Waals surface area contributed by atoms with E-state index in [1.165, 1.54) is 0 Å². The van der Waals surface area contributed by atoms with Crippen LogP contribution in [0.4, 0.5) is 5.69 Å². The van der Waals surface area contributed by atoms with Gasteiger partial charge in [-0.3, -0.25) is 0 Å². The van der Waals surface area contributed by atoms with Crippen molar-refractivity contribution >= 4 is 29.0 Å². The largest absolute Gasteiger partial charge is 0.462 e. The summed E-state index contributed by atoms with van der Waals surface area (Å²) >= 11 is 5.19. The molecular formula is C14H20N2O2S. The van der Waals surface area contributed by atoms with Crippen molar-refractivity contribution in [2.75, 3.05) is 18.5 Å². The molecular weight excluding hydrogens is 260 g/mol. The zero-order valence-corrected chi connectivity index (χ0v) is 12.3. The maximum Gasteiger partial charge on any atom is 0.340 e. The third-order valence-electron chi connectivity index (χ3n) is 2.34. The normalized spacial score (nSPS) is 10.1. The number of para-hydroxylation sites is 1. The predicted octanol–water partition coefficient (Wildman–Crippen LogP) is 2.81. The fraction of sp³-hybridized carbons (Fsp3) is 0.429. The van der Waals surface area contributed by atoms with E-state index in [1.807, 2.05) is 6.07 Å². The zero-order valence-electron chi connectivity index (χ0n) is 11.5. The molecule has 0 saturated heterocycles. The van der Waals surface area contributed by atoms with E-state index in [0.29, 0.717) is 28.9 Å². The van der Waals surface area contributed by atoms with Crippen LogP contribution in [0.2, 0.25) is 0 Å². The van der Waals surface area contributed by atoms with E-state index < -0.39 is 0 Å². The van der Waals surface area contributed by atoms with Gasteiger partial charge in [0.15, 0.2) is 5.11 Å². The molecule has 2 N–H and O–H groups in total. The van der Waals surface area contributed by atoms with Crippen molar-refractivity contribution in [3.8, 4) is 0 Å². The molecule has 0 amide bonds. The van der Waals surface area contributed by atoms with Crippen molar-refractivity contribution in [3.05, 3.63) is 29.8 Å². The molecule has 0 heterocycles. The van der Waals surface area contributed by atoms with Gasteiger partial charge in [0.2, 0.25) is 0 Å².